The van der Waals surface area contributed by atoms with Crippen molar-refractivity contribution in [1.82, 2.24) is 19.9 Å². The van der Waals surface area contributed by atoms with E-state index in [9.17, 15) is 0 Å². The Kier molecular flexibility index (Phi) is 4.76. The van der Waals surface area contributed by atoms with Gasteiger partial charge in [-0.2, -0.15) is 0 Å². The molecule has 0 aliphatic rings. The molecule has 0 aliphatic heterocycles. The van der Waals surface area contributed by atoms with Crippen molar-refractivity contribution in [3.63, 3.8) is 0 Å². The van der Waals surface area contributed by atoms with Crippen LogP contribution in [0.15, 0.2) is 110 Å². The number of nitrogens with zero attached hydrogens (tertiary/aromatic N) is 5. The third-order valence-electron chi connectivity index (χ3n) is 4.87. The van der Waals surface area contributed by atoms with Crippen molar-refractivity contribution >= 4 is 0 Å². The van der Waals surface area contributed by atoms with Crippen LogP contribution in [0.2, 0.25) is 0 Å². The summed E-state index contributed by atoms with van der Waals surface area (Å²) >= 11 is 0. The summed E-state index contributed by atoms with van der Waals surface area (Å²) in [6.45, 7) is 0. The van der Waals surface area contributed by atoms with Gasteiger partial charge in [-0.25, -0.2) is 4.57 Å². The van der Waals surface area contributed by atoms with Crippen LogP contribution in [0.3, 0.4) is 0 Å². The van der Waals surface area contributed by atoms with E-state index in [4.69, 9.17) is 0 Å². The largest absolute Gasteiger partial charge is 0.327 e. The van der Waals surface area contributed by atoms with Gasteiger partial charge < -0.3 is 0 Å². The summed E-state index contributed by atoms with van der Waals surface area (Å²) in [7, 11) is 0. The molecule has 0 bridgehead atoms. The van der Waals surface area contributed by atoms with E-state index in [0.717, 1.165) is 39.5 Å². The molecule has 5 aromatic rings. The van der Waals surface area contributed by atoms with Crippen molar-refractivity contribution in [2.45, 2.75) is 0 Å². The Hall–Kier alpha value is -4.25. The van der Waals surface area contributed by atoms with Crippen molar-refractivity contribution in [3.05, 3.63) is 110 Å². The fourth-order valence-electron chi connectivity index (χ4n) is 3.32. The SMILES string of the molecule is c1ccc(-[n+]2ccc(-c3ccnc(-c4cc(-c5ccncc5)ccn4)c3)cc2)nc1. The molecule has 0 atom stereocenters. The molecule has 0 saturated carbocycles. The number of aromatic nitrogens is 5. The van der Waals surface area contributed by atoms with Gasteiger partial charge in [-0.1, -0.05) is 6.07 Å². The van der Waals surface area contributed by atoms with E-state index in [1.54, 1.807) is 18.6 Å². The molecule has 0 saturated heterocycles. The third kappa shape index (κ3) is 3.69. The van der Waals surface area contributed by atoms with Crippen molar-refractivity contribution in [2.75, 3.05) is 0 Å². The maximum Gasteiger partial charge on any atom is 0.327 e. The lowest BCUT2D eigenvalue weighted by atomic mass is 10.0. The van der Waals surface area contributed by atoms with E-state index in [0.29, 0.717) is 0 Å². The fourth-order valence-corrected chi connectivity index (χ4v) is 3.32. The summed E-state index contributed by atoms with van der Waals surface area (Å²) in [6.07, 6.45) is 13.0. The second-order valence-corrected chi connectivity index (χ2v) is 6.78. The Morgan fingerprint density at radius 2 is 1.10 bits per heavy atom. The van der Waals surface area contributed by atoms with E-state index < -0.39 is 0 Å². The van der Waals surface area contributed by atoms with Crippen LogP contribution in [0.1, 0.15) is 0 Å². The first kappa shape index (κ1) is 17.8. The van der Waals surface area contributed by atoms with Gasteiger partial charge in [0, 0.05) is 30.9 Å². The monoisotopic (exact) mass is 388 g/mol. The standard InChI is InChI=1S/C25H18N5/c1-2-10-29-25(3-1)30-15-8-20(9-16-30)22-7-14-28-24(18-22)23-17-21(6-13-27-23)19-4-11-26-12-5-19/h1-18H/q+1. The van der Waals surface area contributed by atoms with Gasteiger partial charge in [0.05, 0.1) is 23.8 Å². The second kappa shape index (κ2) is 8.01. The molecule has 0 unspecified atom stereocenters. The zero-order valence-electron chi connectivity index (χ0n) is 16.1. The van der Waals surface area contributed by atoms with Crippen LogP contribution in [0.5, 0.6) is 0 Å². The highest BCUT2D eigenvalue weighted by molar-refractivity contribution is 5.72. The maximum atomic E-state index is 4.55. The predicted octanol–water partition coefficient (Wildman–Crippen LogP) is 4.54. The van der Waals surface area contributed by atoms with Gasteiger partial charge in [0.25, 0.3) is 0 Å². The minimum Gasteiger partial charge on any atom is -0.265 e. The van der Waals surface area contributed by atoms with Crippen LogP contribution < -0.4 is 4.57 Å². The average Bonchev–Trinajstić information content (AvgIpc) is 2.85. The first-order valence-corrected chi connectivity index (χ1v) is 9.63. The molecule has 5 heteroatoms. The summed E-state index contributed by atoms with van der Waals surface area (Å²) in [4.78, 5) is 17.5. The highest BCUT2D eigenvalue weighted by Crippen LogP contribution is 2.26. The number of hydrogen-bond donors (Lipinski definition) is 0. The van der Waals surface area contributed by atoms with E-state index in [1.165, 1.54) is 0 Å². The van der Waals surface area contributed by atoms with Gasteiger partial charge in [0.1, 0.15) is 6.20 Å². The van der Waals surface area contributed by atoms with Crippen molar-refractivity contribution < 1.29 is 4.57 Å². The molecule has 5 rings (SSSR count). The molecule has 5 nitrogen and oxygen atoms in total. The van der Waals surface area contributed by atoms with Gasteiger partial charge in [-0.3, -0.25) is 15.0 Å². The van der Waals surface area contributed by atoms with Gasteiger partial charge in [-0.15, -0.1) is 0 Å². The molecule has 0 radical (unpaired) electrons. The normalized spacial score (nSPS) is 10.7. The summed E-state index contributed by atoms with van der Waals surface area (Å²) in [5.41, 5.74) is 6.06. The highest BCUT2D eigenvalue weighted by atomic mass is 15.0. The van der Waals surface area contributed by atoms with Crippen LogP contribution in [0, 0.1) is 0 Å². The molecular formula is C25H18N5+. The van der Waals surface area contributed by atoms with Crippen molar-refractivity contribution in [3.8, 4) is 39.5 Å². The van der Waals surface area contributed by atoms with Crippen LogP contribution >= 0.6 is 0 Å². The van der Waals surface area contributed by atoms with Gasteiger partial charge >= 0.3 is 5.82 Å². The first-order valence-electron chi connectivity index (χ1n) is 9.63. The maximum absolute atomic E-state index is 4.55. The van der Waals surface area contributed by atoms with E-state index in [1.807, 2.05) is 71.8 Å². The van der Waals surface area contributed by atoms with Gasteiger partial charge in [-0.05, 0) is 81.8 Å². The number of pyridine rings is 5. The topological polar surface area (TPSA) is 55.4 Å². The Morgan fingerprint density at radius 1 is 0.500 bits per heavy atom. The quantitative estimate of drug-likeness (QED) is 0.424. The van der Waals surface area contributed by atoms with Gasteiger partial charge in [0.15, 0.2) is 0 Å². The zero-order valence-corrected chi connectivity index (χ0v) is 16.1. The zero-order chi connectivity index (χ0) is 20.2. The van der Waals surface area contributed by atoms with E-state index in [2.05, 4.69) is 44.2 Å². The molecule has 5 heterocycles. The Morgan fingerprint density at radius 3 is 1.70 bits per heavy atom. The summed E-state index contributed by atoms with van der Waals surface area (Å²) in [5.74, 6) is 0.886. The second-order valence-electron chi connectivity index (χ2n) is 6.78. The molecule has 0 amide bonds. The Labute approximate surface area is 174 Å². The molecule has 142 valence electrons. The van der Waals surface area contributed by atoms with E-state index >= 15 is 0 Å². The molecule has 30 heavy (non-hydrogen) atoms. The van der Waals surface area contributed by atoms with E-state index in [-0.39, 0.29) is 0 Å². The van der Waals surface area contributed by atoms with Crippen LogP contribution in [-0.4, -0.2) is 19.9 Å². The molecule has 0 N–H and O–H groups in total. The lowest BCUT2D eigenvalue weighted by molar-refractivity contribution is -0.599. The molecule has 5 aromatic heterocycles. The minimum atomic E-state index is 0.838. The Bertz CT molecular complexity index is 1270. The average molecular weight is 388 g/mol. The predicted molar refractivity (Wildman–Crippen MR) is 115 cm³/mol. The first-order chi connectivity index (χ1) is 14.9. The molecular weight excluding hydrogens is 370 g/mol. The Balaban J connectivity index is 1.46. The van der Waals surface area contributed by atoms with Crippen LogP contribution in [0.25, 0.3) is 39.5 Å². The van der Waals surface area contributed by atoms with Crippen LogP contribution in [0.4, 0.5) is 0 Å². The lowest BCUT2D eigenvalue weighted by Crippen LogP contribution is -2.30. The van der Waals surface area contributed by atoms with Crippen molar-refractivity contribution in [1.29, 1.82) is 0 Å². The molecule has 0 aromatic carbocycles. The molecule has 0 fully saturated rings. The van der Waals surface area contributed by atoms with Gasteiger partial charge in [0.2, 0.25) is 0 Å². The molecule has 0 aliphatic carbocycles. The highest BCUT2D eigenvalue weighted by Gasteiger charge is 2.09. The third-order valence-corrected chi connectivity index (χ3v) is 4.87. The summed E-state index contributed by atoms with van der Waals surface area (Å²) in [5, 5.41) is 0. The van der Waals surface area contributed by atoms with Crippen molar-refractivity contribution in [2.24, 2.45) is 0 Å². The smallest absolute Gasteiger partial charge is 0.265 e. The fraction of sp³-hybridized carbons (Fsp3) is 0. The summed E-state index contributed by atoms with van der Waals surface area (Å²) < 4.78 is 1.99. The number of hydrogen-bond acceptors (Lipinski definition) is 4. The summed E-state index contributed by atoms with van der Waals surface area (Å²) in [6, 6.07) is 22.1. The number of rotatable bonds is 4. The lowest BCUT2D eigenvalue weighted by Gasteiger charge is -2.07. The van der Waals surface area contributed by atoms with Crippen LogP contribution in [-0.2, 0) is 0 Å². The molecule has 0 spiro atoms. The minimum absolute atomic E-state index is 0.838.